The molecule has 0 aliphatic carbocycles. The standard InChI is InChI=1S/C21H26N6.HI/c1-4-18-7-5-6-8-19(18)15-26-21(22-3)25-14-17-9-10-20(24-13-17)27-12-11-23-16(27)2;/h5-13H,4,14-15H2,1-3H3,(H2,22,25,26);1H. The SMILES string of the molecule is CCc1ccccc1CNC(=NC)NCc1ccc(-n2ccnc2C)nc1.I. The molecule has 0 fully saturated rings. The van der Waals surface area contributed by atoms with Gasteiger partial charge >= 0.3 is 0 Å². The number of hydrogen-bond donors (Lipinski definition) is 2. The number of imidazole rings is 1. The van der Waals surface area contributed by atoms with Gasteiger partial charge in [0.1, 0.15) is 11.6 Å². The van der Waals surface area contributed by atoms with Crippen LogP contribution in [0.3, 0.4) is 0 Å². The Kier molecular flexibility index (Phi) is 8.43. The number of rotatable bonds is 6. The quantitative estimate of drug-likeness (QED) is 0.315. The Morgan fingerprint density at radius 2 is 1.79 bits per heavy atom. The first kappa shape index (κ1) is 21.9. The average Bonchev–Trinajstić information content (AvgIpc) is 3.14. The molecule has 0 saturated carbocycles. The van der Waals surface area contributed by atoms with Crippen molar-refractivity contribution in [2.75, 3.05) is 7.05 Å². The van der Waals surface area contributed by atoms with Gasteiger partial charge in [-0.15, -0.1) is 24.0 Å². The maximum Gasteiger partial charge on any atom is 0.191 e. The fraction of sp³-hybridized carbons (Fsp3) is 0.286. The van der Waals surface area contributed by atoms with E-state index in [4.69, 9.17) is 0 Å². The van der Waals surface area contributed by atoms with Gasteiger partial charge in [-0.1, -0.05) is 37.3 Å². The number of halogens is 1. The van der Waals surface area contributed by atoms with Crippen molar-refractivity contribution in [1.82, 2.24) is 25.2 Å². The van der Waals surface area contributed by atoms with Crippen molar-refractivity contribution < 1.29 is 0 Å². The van der Waals surface area contributed by atoms with Gasteiger partial charge in [0.25, 0.3) is 0 Å². The average molecular weight is 490 g/mol. The molecule has 0 aliphatic rings. The van der Waals surface area contributed by atoms with Crippen molar-refractivity contribution in [3.05, 3.63) is 77.5 Å². The summed E-state index contributed by atoms with van der Waals surface area (Å²) in [4.78, 5) is 13.1. The minimum absolute atomic E-state index is 0. The predicted molar refractivity (Wildman–Crippen MR) is 124 cm³/mol. The van der Waals surface area contributed by atoms with Crippen molar-refractivity contribution in [1.29, 1.82) is 0 Å². The third-order valence-corrected chi connectivity index (χ3v) is 4.51. The van der Waals surface area contributed by atoms with Crippen LogP contribution in [0, 0.1) is 6.92 Å². The van der Waals surface area contributed by atoms with Crippen LogP contribution in [0.25, 0.3) is 5.82 Å². The Morgan fingerprint density at radius 1 is 1.04 bits per heavy atom. The number of guanidine groups is 1. The monoisotopic (exact) mass is 490 g/mol. The highest BCUT2D eigenvalue weighted by atomic mass is 127. The Labute approximate surface area is 183 Å². The summed E-state index contributed by atoms with van der Waals surface area (Å²) in [6, 6.07) is 12.5. The van der Waals surface area contributed by atoms with Crippen LogP contribution in [-0.4, -0.2) is 27.5 Å². The Balaban J connectivity index is 0.00000280. The maximum atomic E-state index is 4.52. The van der Waals surface area contributed by atoms with Gasteiger partial charge in [0.05, 0.1) is 0 Å². The van der Waals surface area contributed by atoms with Crippen LogP contribution in [-0.2, 0) is 19.5 Å². The van der Waals surface area contributed by atoms with E-state index in [9.17, 15) is 0 Å². The molecule has 28 heavy (non-hydrogen) atoms. The van der Waals surface area contributed by atoms with Crippen molar-refractivity contribution in [2.45, 2.75) is 33.4 Å². The summed E-state index contributed by atoms with van der Waals surface area (Å²) in [5, 5.41) is 6.72. The summed E-state index contributed by atoms with van der Waals surface area (Å²) in [5.74, 6) is 2.56. The van der Waals surface area contributed by atoms with Gasteiger partial charge in [0, 0.05) is 38.7 Å². The van der Waals surface area contributed by atoms with Crippen LogP contribution in [0.5, 0.6) is 0 Å². The minimum atomic E-state index is 0. The Morgan fingerprint density at radius 3 is 2.39 bits per heavy atom. The molecule has 0 spiro atoms. The summed E-state index contributed by atoms with van der Waals surface area (Å²) in [5.41, 5.74) is 3.74. The number of nitrogens with zero attached hydrogens (tertiary/aromatic N) is 4. The van der Waals surface area contributed by atoms with E-state index >= 15 is 0 Å². The van der Waals surface area contributed by atoms with Crippen LogP contribution in [0.2, 0.25) is 0 Å². The highest BCUT2D eigenvalue weighted by molar-refractivity contribution is 14.0. The molecule has 0 aliphatic heterocycles. The molecule has 0 saturated heterocycles. The molecule has 0 bridgehead atoms. The summed E-state index contributed by atoms with van der Waals surface area (Å²) in [6.07, 6.45) is 6.59. The number of aryl methyl sites for hydroxylation is 2. The molecule has 1 aromatic carbocycles. The molecule has 2 aromatic heterocycles. The molecule has 0 amide bonds. The van der Waals surface area contributed by atoms with E-state index in [1.54, 1.807) is 13.2 Å². The number of aromatic nitrogens is 3. The van der Waals surface area contributed by atoms with E-state index in [1.807, 2.05) is 30.0 Å². The molecule has 7 heteroatoms. The van der Waals surface area contributed by atoms with Crippen molar-refractivity contribution in [2.24, 2.45) is 4.99 Å². The van der Waals surface area contributed by atoms with Gasteiger partial charge in [0.2, 0.25) is 0 Å². The van der Waals surface area contributed by atoms with Crippen molar-refractivity contribution >= 4 is 29.9 Å². The van der Waals surface area contributed by atoms with Gasteiger partial charge < -0.3 is 10.6 Å². The second kappa shape index (κ2) is 10.8. The molecule has 6 nitrogen and oxygen atoms in total. The summed E-state index contributed by atoms with van der Waals surface area (Å²) in [6.45, 7) is 5.55. The van der Waals surface area contributed by atoms with Crippen LogP contribution in [0.1, 0.15) is 29.4 Å². The highest BCUT2D eigenvalue weighted by Gasteiger charge is 2.04. The van der Waals surface area contributed by atoms with Crippen molar-refractivity contribution in [3.8, 4) is 5.82 Å². The number of benzene rings is 1. The first-order valence-corrected chi connectivity index (χ1v) is 9.17. The zero-order valence-corrected chi connectivity index (χ0v) is 18.8. The van der Waals surface area contributed by atoms with E-state index in [0.717, 1.165) is 36.1 Å². The van der Waals surface area contributed by atoms with Crippen LogP contribution >= 0.6 is 24.0 Å². The summed E-state index contributed by atoms with van der Waals surface area (Å²) < 4.78 is 1.96. The fourth-order valence-electron chi connectivity index (χ4n) is 2.94. The lowest BCUT2D eigenvalue weighted by atomic mass is 10.1. The molecule has 2 heterocycles. The highest BCUT2D eigenvalue weighted by Crippen LogP contribution is 2.09. The van der Waals surface area contributed by atoms with Gasteiger partial charge in [-0.3, -0.25) is 9.56 Å². The lowest BCUT2D eigenvalue weighted by Gasteiger charge is -2.14. The third-order valence-electron chi connectivity index (χ3n) is 4.51. The first-order chi connectivity index (χ1) is 13.2. The zero-order chi connectivity index (χ0) is 19.1. The number of pyridine rings is 1. The number of hydrogen-bond acceptors (Lipinski definition) is 3. The lowest BCUT2D eigenvalue weighted by Crippen LogP contribution is -2.36. The number of nitrogens with one attached hydrogen (secondary N) is 2. The van der Waals surface area contributed by atoms with Gasteiger partial charge in [-0.2, -0.15) is 0 Å². The van der Waals surface area contributed by atoms with E-state index in [0.29, 0.717) is 6.54 Å². The molecule has 3 aromatic rings. The minimum Gasteiger partial charge on any atom is -0.352 e. The lowest BCUT2D eigenvalue weighted by molar-refractivity contribution is 0.799. The van der Waals surface area contributed by atoms with Crippen LogP contribution < -0.4 is 10.6 Å². The Bertz CT molecular complexity index is 901. The molecule has 3 rings (SSSR count). The summed E-state index contributed by atoms with van der Waals surface area (Å²) >= 11 is 0. The largest absolute Gasteiger partial charge is 0.352 e. The van der Waals surface area contributed by atoms with Crippen molar-refractivity contribution in [3.63, 3.8) is 0 Å². The molecule has 148 valence electrons. The predicted octanol–water partition coefficient (Wildman–Crippen LogP) is 3.62. The van der Waals surface area contributed by atoms with Gasteiger partial charge in [0.15, 0.2) is 5.96 Å². The molecule has 0 atom stereocenters. The van der Waals surface area contributed by atoms with E-state index in [-0.39, 0.29) is 24.0 Å². The second-order valence-electron chi connectivity index (χ2n) is 6.27. The van der Waals surface area contributed by atoms with Gasteiger partial charge in [-0.05, 0) is 36.1 Å². The van der Waals surface area contributed by atoms with Crippen LogP contribution in [0.4, 0.5) is 0 Å². The van der Waals surface area contributed by atoms with Crippen LogP contribution in [0.15, 0.2) is 60.0 Å². The number of aliphatic imine (C=N–C) groups is 1. The van der Waals surface area contributed by atoms with E-state index in [2.05, 4.69) is 62.8 Å². The topological polar surface area (TPSA) is 67.1 Å². The molecule has 0 unspecified atom stereocenters. The smallest absolute Gasteiger partial charge is 0.191 e. The molecular weight excluding hydrogens is 463 g/mol. The Hall–Kier alpha value is -2.42. The molecular formula is C21H27IN6. The van der Waals surface area contributed by atoms with E-state index in [1.165, 1.54) is 11.1 Å². The second-order valence-corrected chi connectivity index (χ2v) is 6.27. The summed E-state index contributed by atoms with van der Waals surface area (Å²) in [7, 11) is 1.78. The third kappa shape index (κ3) is 5.54. The van der Waals surface area contributed by atoms with E-state index < -0.39 is 0 Å². The molecule has 0 radical (unpaired) electrons. The normalized spacial score (nSPS) is 11.0. The first-order valence-electron chi connectivity index (χ1n) is 9.17. The van der Waals surface area contributed by atoms with Gasteiger partial charge in [-0.25, -0.2) is 9.97 Å². The fourth-order valence-corrected chi connectivity index (χ4v) is 2.94. The molecule has 2 N–H and O–H groups in total. The zero-order valence-electron chi connectivity index (χ0n) is 16.5. The maximum absolute atomic E-state index is 4.52.